The minimum Gasteiger partial charge on any atom is -0.345 e. The van der Waals surface area contributed by atoms with Crippen molar-refractivity contribution in [2.24, 2.45) is 0 Å². The topological polar surface area (TPSA) is 65.5 Å². The number of nitrogens with one attached hydrogen (secondary N) is 1. The van der Waals surface area contributed by atoms with Crippen LogP contribution < -0.4 is 10.2 Å². The van der Waals surface area contributed by atoms with E-state index in [1.54, 1.807) is 21.8 Å². The molecule has 1 aromatic heterocycles. The van der Waals surface area contributed by atoms with Gasteiger partial charge in [0, 0.05) is 50.3 Å². The predicted octanol–water partition coefficient (Wildman–Crippen LogP) is 0.347. The molecule has 0 unspecified atom stereocenters. The second kappa shape index (κ2) is 5.97. The van der Waals surface area contributed by atoms with E-state index in [1.165, 1.54) is 12.8 Å². The van der Waals surface area contributed by atoms with E-state index >= 15 is 0 Å². The minimum atomic E-state index is -3.12. The average molecular weight is 316 g/mol. The molecule has 3 rings (SSSR count). The van der Waals surface area contributed by atoms with Gasteiger partial charge in [0.25, 0.3) is 0 Å². The zero-order chi connectivity index (χ0) is 14.0. The lowest BCUT2D eigenvalue weighted by Crippen LogP contribution is -2.50. The van der Waals surface area contributed by atoms with Crippen LogP contribution in [0, 0.1) is 0 Å². The molecular weight excluding hydrogens is 296 g/mol. The largest absolute Gasteiger partial charge is 0.345 e. The number of thiazole rings is 1. The number of aromatic nitrogens is 1. The fourth-order valence-electron chi connectivity index (χ4n) is 2.34. The summed E-state index contributed by atoms with van der Waals surface area (Å²) >= 11 is 1.60. The summed E-state index contributed by atoms with van der Waals surface area (Å²) in [5.74, 6) is 0.209. The van der Waals surface area contributed by atoms with E-state index in [9.17, 15) is 8.42 Å². The Morgan fingerprint density at radius 3 is 2.65 bits per heavy atom. The monoisotopic (exact) mass is 316 g/mol. The van der Waals surface area contributed by atoms with Gasteiger partial charge in [0.2, 0.25) is 10.0 Å². The number of sulfonamides is 1. The third kappa shape index (κ3) is 3.49. The van der Waals surface area contributed by atoms with Crippen LogP contribution in [0.15, 0.2) is 11.6 Å². The van der Waals surface area contributed by atoms with Gasteiger partial charge in [-0.3, -0.25) is 0 Å². The van der Waals surface area contributed by atoms with Crippen LogP contribution in [0.25, 0.3) is 0 Å². The summed E-state index contributed by atoms with van der Waals surface area (Å²) in [4.78, 5) is 6.42. The molecule has 20 heavy (non-hydrogen) atoms. The van der Waals surface area contributed by atoms with E-state index in [-0.39, 0.29) is 5.75 Å². The molecule has 1 N–H and O–H groups in total. The van der Waals surface area contributed by atoms with E-state index in [4.69, 9.17) is 0 Å². The molecule has 1 aliphatic carbocycles. The molecule has 2 aliphatic rings. The first-order valence-corrected chi connectivity index (χ1v) is 9.50. The third-order valence-corrected chi connectivity index (χ3v) is 6.40. The smallest absolute Gasteiger partial charge is 0.215 e. The van der Waals surface area contributed by atoms with E-state index in [2.05, 4.69) is 15.2 Å². The third-order valence-electron chi connectivity index (χ3n) is 3.69. The fraction of sp³-hybridized carbons (Fsp3) is 0.750. The Labute approximate surface area is 123 Å². The van der Waals surface area contributed by atoms with Crippen LogP contribution >= 0.6 is 11.3 Å². The van der Waals surface area contributed by atoms with E-state index in [0.29, 0.717) is 25.7 Å². The van der Waals surface area contributed by atoms with E-state index < -0.39 is 10.0 Å². The summed E-state index contributed by atoms with van der Waals surface area (Å²) in [6.45, 7) is 3.14. The number of rotatable bonds is 6. The molecular formula is C12H20N4O2S2. The maximum absolute atomic E-state index is 12.2. The standard InChI is InChI=1S/C12H20N4O2S2/c17-20(18,10-4-13-11-1-2-11)16-7-5-15(6-8-16)12-14-3-9-19-12/h3,9,11,13H,1-2,4-8,10H2. The quantitative estimate of drug-likeness (QED) is 0.820. The van der Waals surface area contributed by atoms with Gasteiger partial charge in [0.15, 0.2) is 5.13 Å². The SMILES string of the molecule is O=S(=O)(CCNC1CC1)N1CCN(c2nccs2)CC1. The molecule has 0 atom stereocenters. The summed E-state index contributed by atoms with van der Waals surface area (Å²) in [6.07, 6.45) is 4.16. The Kier molecular flexibility index (Phi) is 4.25. The first-order valence-electron chi connectivity index (χ1n) is 7.01. The summed E-state index contributed by atoms with van der Waals surface area (Å²) in [5, 5.41) is 6.19. The van der Waals surface area contributed by atoms with Gasteiger partial charge < -0.3 is 10.2 Å². The van der Waals surface area contributed by atoms with Crippen molar-refractivity contribution < 1.29 is 8.42 Å². The number of hydrogen-bond acceptors (Lipinski definition) is 6. The van der Waals surface area contributed by atoms with Crippen molar-refractivity contribution >= 4 is 26.5 Å². The van der Waals surface area contributed by atoms with Crippen molar-refractivity contribution in [3.8, 4) is 0 Å². The van der Waals surface area contributed by atoms with Crippen LogP contribution in [0.1, 0.15) is 12.8 Å². The lowest BCUT2D eigenvalue weighted by Gasteiger charge is -2.33. The van der Waals surface area contributed by atoms with Crippen LogP contribution in [0.4, 0.5) is 5.13 Å². The van der Waals surface area contributed by atoms with Crippen molar-refractivity contribution in [3.63, 3.8) is 0 Å². The van der Waals surface area contributed by atoms with Gasteiger partial charge in [0.1, 0.15) is 0 Å². The second-order valence-corrected chi connectivity index (χ2v) is 8.21. The van der Waals surface area contributed by atoms with Gasteiger partial charge in [-0.25, -0.2) is 13.4 Å². The van der Waals surface area contributed by atoms with Gasteiger partial charge >= 0.3 is 0 Å². The van der Waals surface area contributed by atoms with Gasteiger partial charge in [-0.2, -0.15) is 4.31 Å². The molecule has 6 nitrogen and oxygen atoms in total. The molecule has 0 amide bonds. The van der Waals surface area contributed by atoms with Gasteiger partial charge in [-0.15, -0.1) is 11.3 Å². The lowest BCUT2D eigenvalue weighted by atomic mass is 10.4. The highest BCUT2D eigenvalue weighted by molar-refractivity contribution is 7.89. The normalized spacial score (nSPS) is 21.3. The number of hydrogen-bond donors (Lipinski definition) is 1. The van der Waals surface area contributed by atoms with Gasteiger partial charge in [-0.05, 0) is 12.8 Å². The zero-order valence-electron chi connectivity index (χ0n) is 11.4. The van der Waals surface area contributed by atoms with Crippen molar-refractivity contribution in [1.29, 1.82) is 0 Å². The second-order valence-electron chi connectivity index (χ2n) is 5.25. The van der Waals surface area contributed by atoms with Crippen LogP contribution in [-0.4, -0.2) is 62.2 Å². The zero-order valence-corrected chi connectivity index (χ0v) is 13.0. The molecule has 1 saturated heterocycles. The molecule has 0 radical (unpaired) electrons. The van der Waals surface area contributed by atoms with Gasteiger partial charge in [0.05, 0.1) is 5.75 Å². The Morgan fingerprint density at radius 1 is 1.30 bits per heavy atom. The van der Waals surface area contributed by atoms with Crippen LogP contribution in [0.2, 0.25) is 0 Å². The highest BCUT2D eigenvalue weighted by atomic mass is 32.2. The number of nitrogens with zero attached hydrogens (tertiary/aromatic N) is 3. The van der Waals surface area contributed by atoms with Crippen molar-refractivity contribution in [1.82, 2.24) is 14.6 Å². The summed E-state index contributed by atoms with van der Waals surface area (Å²) in [6, 6.07) is 0.562. The molecule has 1 aromatic rings. The molecule has 0 aromatic carbocycles. The Balaban J connectivity index is 1.48. The molecule has 0 bridgehead atoms. The maximum Gasteiger partial charge on any atom is 0.215 e. The van der Waals surface area contributed by atoms with Crippen molar-refractivity contribution in [3.05, 3.63) is 11.6 Å². The molecule has 2 heterocycles. The van der Waals surface area contributed by atoms with Crippen molar-refractivity contribution in [2.75, 3.05) is 43.4 Å². The number of piperazine rings is 1. The Hall–Kier alpha value is -0.700. The highest BCUT2D eigenvalue weighted by Crippen LogP contribution is 2.20. The Morgan fingerprint density at radius 2 is 2.05 bits per heavy atom. The molecule has 0 spiro atoms. The van der Waals surface area contributed by atoms with Crippen LogP contribution in [0.5, 0.6) is 0 Å². The van der Waals surface area contributed by atoms with Crippen LogP contribution in [0.3, 0.4) is 0 Å². The molecule has 112 valence electrons. The van der Waals surface area contributed by atoms with Crippen LogP contribution in [-0.2, 0) is 10.0 Å². The highest BCUT2D eigenvalue weighted by Gasteiger charge is 2.28. The predicted molar refractivity (Wildman–Crippen MR) is 80.7 cm³/mol. The fourth-order valence-corrected chi connectivity index (χ4v) is 4.39. The molecule has 1 aliphatic heterocycles. The van der Waals surface area contributed by atoms with Crippen molar-refractivity contribution in [2.45, 2.75) is 18.9 Å². The molecule has 1 saturated carbocycles. The first-order chi connectivity index (χ1) is 9.65. The molecule has 8 heteroatoms. The summed E-state index contributed by atoms with van der Waals surface area (Å²) < 4.78 is 26.1. The lowest BCUT2D eigenvalue weighted by molar-refractivity contribution is 0.384. The average Bonchev–Trinajstić information content (AvgIpc) is 3.10. The Bertz CT molecular complexity index is 520. The summed E-state index contributed by atoms with van der Waals surface area (Å²) in [7, 11) is -3.12. The van der Waals surface area contributed by atoms with E-state index in [1.807, 2.05) is 5.38 Å². The summed E-state index contributed by atoms with van der Waals surface area (Å²) in [5.41, 5.74) is 0. The van der Waals surface area contributed by atoms with E-state index in [0.717, 1.165) is 18.2 Å². The van der Waals surface area contributed by atoms with Gasteiger partial charge in [-0.1, -0.05) is 0 Å². The minimum absolute atomic E-state index is 0.209. The first kappa shape index (κ1) is 14.2. The maximum atomic E-state index is 12.2. The molecule has 2 fully saturated rings. The number of anilines is 1.